The first kappa shape index (κ1) is 24.1. The molecule has 0 aliphatic carbocycles. The summed E-state index contributed by atoms with van der Waals surface area (Å²) >= 11 is 0. The summed E-state index contributed by atoms with van der Waals surface area (Å²) in [7, 11) is 0. The van der Waals surface area contributed by atoms with Gasteiger partial charge >= 0.3 is 11.9 Å². The Bertz CT molecular complexity index is 1360. The largest absolute Gasteiger partial charge is 0.507 e. The van der Waals surface area contributed by atoms with Crippen molar-refractivity contribution in [2.45, 2.75) is 46.0 Å². The Morgan fingerprint density at radius 1 is 0.657 bits per heavy atom. The number of aryl methyl sites for hydroxylation is 2. The van der Waals surface area contributed by atoms with E-state index in [2.05, 4.69) is 13.8 Å². The van der Waals surface area contributed by atoms with E-state index in [9.17, 15) is 30.0 Å². The van der Waals surface area contributed by atoms with Gasteiger partial charge in [0.25, 0.3) is 0 Å². The molecule has 0 aliphatic heterocycles. The Labute approximate surface area is 203 Å². The molecule has 0 radical (unpaired) electrons. The van der Waals surface area contributed by atoms with Gasteiger partial charge in [0.05, 0.1) is 0 Å². The fraction of sp³-hybridized carbons (Fsp3) is 0.241. The molecule has 0 aliphatic rings. The standard InChI is InChI=1S/C29H28O6/c1-3-5-16-7-9-20-18(11-16)13-24(28(32)33)26(30)22(20)15-23-21-10-8-17(6-4-2)12-19(21)14-25(27(23)31)29(34)35/h7-14,30-31H,3-6,15H2,1-2H3,(H,32,33)(H,34,35). The summed E-state index contributed by atoms with van der Waals surface area (Å²) in [6.45, 7) is 4.12. The highest BCUT2D eigenvalue weighted by atomic mass is 16.4. The topological polar surface area (TPSA) is 115 Å². The monoisotopic (exact) mass is 472 g/mol. The second-order valence-electron chi connectivity index (χ2n) is 8.90. The van der Waals surface area contributed by atoms with Gasteiger partial charge in [0.15, 0.2) is 0 Å². The van der Waals surface area contributed by atoms with Gasteiger partial charge in [0.2, 0.25) is 0 Å². The summed E-state index contributed by atoms with van der Waals surface area (Å²) in [4.78, 5) is 23.8. The maximum atomic E-state index is 11.9. The van der Waals surface area contributed by atoms with Crippen molar-refractivity contribution in [3.63, 3.8) is 0 Å². The molecule has 0 heterocycles. The summed E-state index contributed by atoms with van der Waals surface area (Å²) in [5.74, 6) is -3.29. The zero-order valence-electron chi connectivity index (χ0n) is 19.8. The second-order valence-corrected chi connectivity index (χ2v) is 8.90. The number of phenols is 2. The summed E-state index contributed by atoms with van der Waals surface area (Å²) < 4.78 is 0. The maximum Gasteiger partial charge on any atom is 0.339 e. The lowest BCUT2D eigenvalue weighted by Crippen LogP contribution is -2.04. The third-order valence-electron chi connectivity index (χ3n) is 6.46. The molecular weight excluding hydrogens is 444 g/mol. The van der Waals surface area contributed by atoms with E-state index >= 15 is 0 Å². The fourth-order valence-corrected chi connectivity index (χ4v) is 4.79. The van der Waals surface area contributed by atoms with Crippen LogP contribution in [0.2, 0.25) is 0 Å². The molecule has 0 spiro atoms. The molecule has 0 bridgehead atoms. The van der Waals surface area contributed by atoms with Gasteiger partial charge in [-0.2, -0.15) is 0 Å². The molecule has 4 rings (SSSR count). The lowest BCUT2D eigenvalue weighted by molar-refractivity contribution is 0.0682. The average molecular weight is 473 g/mol. The number of rotatable bonds is 8. The lowest BCUT2D eigenvalue weighted by Gasteiger charge is -2.17. The van der Waals surface area contributed by atoms with Crippen LogP contribution in [0.25, 0.3) is 21.5 Å². The van der Waals surface area contributed by atoms with E-state index in [0.29, 0.717) is 32.7 Å². The Morgan fingerprint density at radius 2 is 1.06 bits per heavy atom. The first-order valence-electron chi connectivity index (χ1n) is 11.8. The fourth-order valence-electron chi connectivity index (χ4n) is 4.79. The van der Waals surface area contributed by atoms with Crippen LogP contribution in [-0.4, -0.2) is 32.4 Å². The second kappa shape index (κ2) is 9.66. The lowest BCUT2D eigenvalue weighted by atomic mass is 9.89. The van der Waals surface area contributed by atoms with Crippen LogP contribution in [-0.2, 0) is 19.3 Å². The summed E-state index contributed by atoms with van der Waals surface area (Å²) in [5, 5.41) is 44.0. The van der Waals surface area contributed by atoms with Crippen molar-refractivity contribution in [3.8, 4) is 11.5 Å². The third-order valence-corrected chi connectivity index (χ3v) is 6.46. The molecule has 4 aromatic carbocycles. The van der Waals surface area contributed by atoms with E-state index in [-0.39, 0.29) is 29.0 Å². The quantitative estimate of drug-likeness (QED) is 0.239. The Morgan fingerprint density at radius 3 is 1.40 bits per heavy atom. The van der Waals surface area contributed by atoms with E-state index in [4.69, 9.17) is 0 Å². The molecule has 0 aromatic heterocycles. The number of aromatic hydroxyl groups is 2. The van der Waals surface area contributed by atoms with Crippen LogP contribution < -0.4 is 0 Å². The molecular formula is C29H28O6. The maximum absolute atomic E-state index is 11.9. The van der Waals surface area contributed by atoms with Crippen LogP contribution >= 0.6 is 0 Å². The van der Waals surface area contributed by atoms with Crippen LogP contribution in [0.3, 0.4) is 0 Å². The van der Waals surface area contributed by atoms with Gasteiger partial charge in [-0.15, -0.1) is 0 Å². The van der Waals surface area contributed by atoms with Crippen molar-refractivity contribution in [3.05, 3.63) is 81.9 Å². The van der Waals surface area contributed by atoms with Gasteiger partial charge in [0.1, 0.15) is 22.6 Å². The molecule has 180 valence electrons. The number of hydrogen-bond acceptors (Lipinski definition) is 4. The minimum Gasteiger partial charge on any atom is -0.507 e. The molecule has 6 nitrogen and oxygen atoms in total. The van der Waals surface area contributed by atoms with E-state index < -0.39 is 11.9 Å². The highest BCUT2D eigenvalue weighted by Gasteiger charge is 2.23. The average Bonchev–Trinajstić information content (AvgIpc) is 2.81. The molecule has 0 unspecified atom stereocenters. The van der Waals surface area contributed by atoms with E-state index in [0.717, 1.165) is 36.8 Å². The molecule has 6 heteroatoms. The molecule has 35 heavy (non-hydrogen) atoms. The summed E-state index contributed by atoms with van der Waals surface area (Å²) in [5.41, 5.74) is 2.31. The first-order chi connectivity index (χ1) is 16.7. The number of aromatic carboxylic acids is 2. The predicted molar refractivity (Wildman–Crippen MR) is 136 cm³/mol. The van der Waals surface area contributed by atoms with Crippen molar-refractivity contribution >= 4 is 33.5 Å². The van der Waals surface area contributed by atoms with Crippen molar-refractivity contribution in [2.24, 2.45) is 0 Å². The minimum absolute atomic E-state index is 0.0346. The summed E-state index contributed by atoms with van der Waals surface area (Å²) in [6, 6.07) is 14.3. The van der Waals surface area contributed by atoms with Crippen LogP contribution in [0.1, 0.15) is 69.7 Å². The van der Waals surface area contributed by atoms with E-state index in [1.165, 1.54) is 12.1 Å². The zero-order valence-corrected chi connectivity index (χ0v) is 19.8. The van der Waals surface area contributed by atoms with E-state index in [1.807, 2.05) is 36.4 Å². The van der Waals surface area contributed by atoms with Crippen molar-refractivity contribution in [1.82, 2.24) is 0 Å². The van der Waals surface area contributed by atoms with Gasteiger partial charge in [-0.1, -0.05) is 63.1 Å². The number of fused-ring (bicyclic) bond motifs is 2. The Hall–Kier alpha value is -4.06. The van der Waals surface area contributed by atoms with E-state index in [1.54, 1.807) is 0 Å². The van der Waals surface area contributed by atoms with Crippen LogP contribution in [0.5, 0.6) is 11.5 Å². The van der Waals surface area contributed by atoms with Crippen molar-refractivity contribution in [1.29, 1.82) is 0 Å². The highest BCUT2D eigenvalue weighted by molar-refractivity contribution is 6.02. The summed E-state index contributed by atoms with van der Waals surface area (Å²) in [6.07, 6.45) is 3.50. The molecule has 0 saturated heterocycles. The Balaban J connectivity index is 2.00. The van der Waals surface area contributed by atoms with Crippen LogP contribution in [0, 0.1) is 0 Å². The van der Waals surface area contributed by atoms with Gasteiger partial charge in [0, 0.05) is 17.5 Å². The molecule has 0 amide bonds. The number of carboxylic acids is 2. The van der Waals surface area contributed by atoms with Gasteiger partial charge in [-0.05, 0) is 57.6 Å². The predicted octanol–water partition coefficient (Wildman–Crippen LogP) is 6.30. The number of carboxylic acid groups (broad SMARTS) is 2. The highest BCUT2D eigenvalue weighted by Crippen LogP contribution is 2.39. The number of benzene rings is 4. The van der Waals surface area contributed by atoms with Gasteiger partial charge < -0.3 is 20.4 Å². The smallest absolute Gasteiger partial charge is 0.339 e. The molecule has 0 saturated carbocycles. The van der Waals surface area contributed by atoms with Gasteiger partial charge in [-0.3, -0.25) is 0 Å². The first-order valence-corrected chi connectivity index (χ1v) is 11.8. The molecule has 0 atom stereocenters. The number of carbonyl (C=O) groups is 2. The number of hydrogen-bond donors (Lipinski definition) is 4. The van der Waals surface area contributed by atoms with Gasteiger partial charge in [-0.25, -0.2) is 9.59 Å². The van der Waals surface area contributed by atoms with Crippen molar-refractivity contribution < 1.29 is 30.0 Å². The van der Waals surface area contributed by atoms with Crippen LogP contribution in [0.15, 0.2) is 48.5 Å². The minimum atomic E-state index is -1.26. The third kappa shape index (κ3) is 4.52. The molecule has 4 N–H and O–H groups in total. The SMILES string of the molecule is CCCc1ccc2c(Cc3c(O)c(C(=O)O)cc4cc(CCC)ccc34)c(O)c(C(=O)O)cc2c1. The molecule has 0 fully saturated rings. The van der Waals surface area contributed by atoms with Crippen molar-refractivity contribution in [2.75, 3.05) is 0 Å². The molecule has 4 aromatic rings. The normalized spacial score (nSPS) is 11.3. The zero-order chi connectivity index (χ0) is 25.3. The van der Waals surface area contributed by atoms with Crippen LogP contribution in [0.4, 0.5) is 0 Å². The Kier molecular flexibility index (Phi) is 6.65.